The van der Waals surface area contributed by atoms with Crippen molar-refractivity contribution >= 4 is 59.0 Å². The Kier molecular flexibility index (Phi) is 4.54. The lowest BCUT2D eigenvalue weighted by molar-refractivity contribution is 1.02. The topological polar surface area (TPSA) is 0 Å². The van der Waals surface area contributed by atoms with E-state index < -0.39 is 0 Å². The molecule has 3 aromatic carbocycles. The van der Waals surface area contributed by atoms with Gasteiger partial charge >= 0.3 is 0 Å². The van der Waals surface area contributed by atoms with Crippen molar-refractivity contribution in [2.75, 3.05) is 0 Å². The van der Waals surface area contributed by atoms with Gasteiger partial charge in [0.05, 0.1) is 0 Å². The van der Waals surface area contributed by atoms with Gasteiger partial charge in [0.15, 0.2) is 0 Å². The molecule has 0 N–H and O–H groups in total. The van der Waals surface area contributed by atoms with Crippen LogP contribution in [0.5, 0.6) is 0 Å². The van der Waals surface area contributed by atoms with E-state index in [4.69, 9.17) is 0 Å². The molecule has 6 rings (SSSR count). The fraction of sp³-hybridized carbons (Fsp3) is 0.154. The maximum Gasteiger partial charge on any atom is 0.0355 e. The Hall–Kier alpha value is -2.42. The maximum absolute atomic E-state index is 2.38. The molecular formula is C26H22S2. The predicted octanol–water partition coefficient (Wildman–Crippen LogP) is 8.92. The van der Waals surface area contributed by atoms with Crippen LogP contribution in [0.3, 0.4) is 0 Å². The summed E-state index contributed by atoms with van der Waals surface area (Å²) in [6.07, 6.45) is 6.99. The number of hydrogen-bond donors (Lipinski definition) is 0. The Morgan fingerprint density at radius 2 is 1.36 bits per heavy atom. The largest absolute Gasteiger partial charge is 0.140 e. The summed E-state index contributed by atoms with van der Waals surface area (Å²) in [5.41, 5.74) is 4.07. The normalized spacial score (nSPS) is 12.9. The molecule has 1 aliphatic carbocycles. The van der Waals surface area contributed by atoms with Gasteiger partial charge in [-0.2, -0.15) is 0 Å². The monoisotopic (exact) mass is 398 g/mol. The minimum absolute atomic E-state index is 1.18. The molecule has 0 saturated carbocycles. The van der Waals surface area contributed by atoms with Crippen molar-refractivity contribution in [1.29, 1.82) is 0 Å². The molecule has 0 radical (unpaired) electrons. The molecule has 0 atom stereocenters. The highest BCUT2D eigenvalue weighted by Crippen LogP contribution is 2.40. The summed E-state index contributed by atoms with van der Waals surface area (Å²) in [5.74, 6) is 0. The molecule has 138 valence electrons. The van der Waals surface area contributed by atoms with Crippen molar-refractivity contribution in [2.45, 2.75) is 26.7 Å². The van der Waals surface area contributed by atoms with E-state index in [2.05, 4.69) is 72.8 Å². The average Bonchev–Trinajstić information content (AvgIpc) is 3.32. The second-order valence-electron chi connectivity index (χ2n) is 6.90. The van der Waals surface area contributed by atoms with Gasteiger partial charge in [-0.1, -0.05) is 56.3 Å². The first-order valence-corrected chi connectivity index (χ1v) is 11.6. The van der Waals surface area contributed by atoms with E-state index >= 15 is 0 Å². The first-order chi connectivity index (χ1) is 13.9. The Morgan fingerprint density at radius 3 is 2.18 bits per heavy atom. The molecule has 0 aliphatic heterocycles. The fourth-order valence-corrected chi connectivity index (χ4v) is 6.31. The molecule has 0 unspecified atom stereocenters. The van der Waals surface area contributed by atoms with Crippen LogP contribution in [0.2, 0.25) is 0 Å². The number of hydrogen-bond acceptors (Lipinski definition) is 2. The molecule has 2 heteroatoms. The predicted molar refractivity (Wildman–Crippen MR) is 129 cm³/mol. The van der Waals surface area contributed by atoms with E-state index in [1.54, 1.807) is 4.88 Å². The van der Waals surface area contributed by atoms with E-state index in [-0.39, 0.29) is 0 Å². The third kappa shape index (κ3) is 2.80. The van der Waals surface area contributed by atoms with Crippen LogP contribution >= 0.6 is 22.7 Å². The van der Waals surface area contributed by atoms with E-state index in [0.717, 1.165) is 0 Å². The first kappa shape index (κ1) is 17.7. The van der Waals surface area contributed by atoms with Gasteiger partial charge in [0.2, 0.25) is 0 Å². The van der Waals surface area contributed by atoms with Crippen LogP contribution in [0, 0.1) is 0 Å². The molecule has 0 nitrogen and oxygen atoms in total. The fourth-order valence-electron chi connectivity index (χ4n) is 4.04. The molecule has 5 aromatic rings. The zero-order valence-corrected chi connectivity index (χ0v) is 17.8. The molecule has 0 saturated heterocycles. The van der Waals surface area contributed by atoms with Crippen molar-refractivity contribution in [3.05, 3.63) is 77.2 Å². The number of aryl methyl sites for hydroxylation is 1. The number of fused-ring (bicyclic) bond motifs is 6. The molecule has 1 aliphatic rings. The molecule has 0 spiro atoms. The second-order valence-corrected chi connectivity index (χ2v) is 9.12. The number of rotatable bonds is 1. The van der Waals surface area contributed by atoms with Crippen molar-refractivity contribution < 1.29 is 0 Å². The zero-order valence-electron chi connectivity index (χ0n) is 16.2. The van der Waals surface area contributed by atoms with Crippen molar-refractivity contribution in [3.63, 3.8) is 0 Å². The lowest BCUT2D eigenvalue weighted by Gasteiger charge is -2.06. The number of benzene rings is 3. The van der Waals surface area contributed by atoms with Gasteiger partial charge in [-0.15, -0.1) is 22.7 Å². The summed E-state index contributed by atoms with van der Waals surface area (Å²) >= 11 is 3.84. The lowest BCUT2D eigenvalue weighted by atomic mass is 9.98. The van der Waals surface area contributed by atoms with Gasteiger partial charge in [0.25, 0.3) is 0 Å². The molecule has 2 heterocycles. The summed E-state index contributed by atoms with van der Waals surface area (Å²) in [7, 11) is 0. The van der Waals surface area contributed by atoms with Gasteiger partial charge in [-0.3, -0.25) is 0 Å². The van der Waals surface area contributed by atoms with Crippen LogP contribution in [0.1, 0.15) is 30.7 Å². The van der Waals surface area contributed by atoms with Crippen molar-refractivity contribution in [2.24, 2.45) is 0 Å². The highest BCUT2D eigenvalue weighted by molar-refractivity contribution is 7.25. The maximum atomic E-state index is 2.38. The summed E-state index contributed by atoms with van der Waals surface area (Å²) < 4.78 is 4.14. The summed E-state index contributed by atoms with van der Waals surface area (Å²) in [6, 6.07) is 22.6. The van der Waals surface area contributed by atoms with Crippen LogP contribution < -0.4 is 0 Å². The van der Waals surface area contributed by atoms with Crippen molar-refractivity contribution in [3.8, 4) is 11.1 Å². The van der Waals surface area contributed by atoms with E-state index in [1.807, 2.05) is 36.5 Å². The van der Waals surface area contributed by atoms with Gasteiger partial charge in [0, 0.05) is 35.1 Å². The van der Waals surface area contributed by atoms with Crippen molar-refractivity contribution in [1.82, 2.24) is 0 Å². The molecular weight excluding hydrogens is 376 g/mol. The zero-order chi connectivity index (χ0) is 19.1. The third-order valence-electron chi connectivity index (χ3n) is 5.34. The highest BCUT2D eigenvalue weighted by Gasteiger charge is 2.13. The smallest absolute Gasteiger partial charge is 0.0355 e. The molecule has 28 heavy (non-hydrogen) atoms. The average molecular weight is 399 g/mol. The minimum atomic E-state index is 1.18. The van der Waals surface area contributed by atoms with Gasteiger partial charge in [0.1, 0.15) is 0 Å². The Labute approximate surface area is 173 Å². The van der Waals surface area contributed by atoms with E-state index in [0.29, 0.717) is 0 Å². The van der Waals surface area contributed by atoms with Gasteiger partial charge in [-0.25, -0.2) is 0 Å². The second kappa shape index (κ2) is 7.20. The highest BCUT2D eigenvalue weighted by atomic mass is 32.1. The number of thiophene rings is 2. The number of allylic oxidation sites excluding steroid dienone is 1. The van der Waals surface area contributed by atoms with E-state index in [9.17, 15) is 0 Å². The summed E-state index contributed by atoms with van der Waals surface area (Å²) in [6.45, 7) is 4.00. The Morgan fingerprint density at radius 1 is 0.679 bits per heavy atom. The first-order valence-electron chi connectivity index (χ1n) is 10.0. The molecule has 0 bridgehead atoms. The summed E-state index contributed by atoms with van der Waals surface area (Å²) in [5, 5.41) is 4.15. The Bertz CT molecular complexity index is 1330. The van der Waals surface area contributed by atoms with Gasteiger partial charge in [-0.05, 0) is 59.9 Å². The van der Waals surface area contributed by atoms with Crippen LogP contribution in [-0.4, -0.2) is 0 Å². The van der Waals surface area contributed by atoms with Crippen LogP contribution in [0.4, 0.5) is 0 Å². The van der Waals surface area contributed by atoms with Crippen LogP contribution in [-0.2, 0) is 6.42 Å². The molecule has 2 aromatic heterocycles. The Balaban J connectivity index is 0.000000829. The third-order valence-corrected chi connectivity index (χ3v) is 7.73. The standard InChI is InChI=1S/C24H16S2.C2H6/c1-3-7-21-17(5-1)19-13-15(9-11-23(19)25-21)16-10-12-24-20(14-16)18-6-2-4-8-22(18)26-24;1-2/h1-3,5-7,9-14H,4,8H2;1-2H3. The minimum Gasteiger partial charge on any atom is -0.140 e. The SMILES string of the molecule is C1=Cc2c(sc3ccc(-c4ccc5sc6ccccc6c5c4)cc23)CC1.CC. The molecule has 0 fully saturated rings. The van der Waals surface area contributed by atoms with Crippen LogP contribution in [0.15, 0.2) is 66.7 Å². The lowest BCUT2D eigenvalue weighted by Crippen LogP contribution is -1.87. The van der Waals surface area contributed by atoms with Gasteiger partial charge < -0.3 is 0 Å². The quantitative estimate of drug-likeness (QED) is 0.264. The summed E-state index contributed by atoms with van der Waals surface area (Å²) in [4.78, 5) is 1.54. The van der Waals surface area contributed by atoms with E-state index in [1.165, 1.54) is 59.8 Å². The molecule has 0 amide bonds. The van der Waals surface area contributed by atoms with Crippen LogP contribution in [0.25, 0.3) is 47.5 Å².